The molecule has 0 aliphatic carbocycles. The maximum absolute atomic E-state index is 14.1. The minimum atomic E-state index is -3.40. The van der Waals surface area contributed by atoms with Gasteiger partial charge in [0.25, 0.3) is 5.56 Å². The maximum Gasteiger partial charge on any atom is 0.353 e. The van der Waals surface area contributed by atoms with Crippen LogP contribution in [0.25, 0.3) is 21.9 Å². The van der Waals surface area contributed by atoms with Gasteiger partial charge in [-0.05, 0) is 41.5 Å². The molecule has 1 aromatic heterocycles. The molecular weight excluding hydrogens is 433 g/mol. The first-order valence-electron chi connectivity index (χ1n) is 9.60. The third-order valence-electron chi connectivity index (χ3n) is 5.19. The predicted octanol–water partition coefficient (Wildman–Crippen LogP) is 3.96. The molecule has 4 aromatic rings. The minimum absolute atomic E-state index is 0.0995. The van der Waals surface area contributed by atoms with Gasteiger partial charge in [0.15, 0.2) is 9.84 Å². The van der Waals surface area contributed by atoms with Crippen molar-refractivity contribution < 1.29 is 22.7 Å². The van der Waals surface area contributed by atoms with Gasteiger partial charge in [0.2, 0.25) is 0 Å². The zero-order valence-electron chi connectivity index (χ0n) is 16.9. The molecule has 0 amide bonds. The van der Waals surface area contributed by atoms with Crippen molar-refractivity contribution in [1.82, 2.24) is 4.57 Å². The standard InChI is InChI=1S/C24H18FNO5S/c1-32(30,31)18-10-7-15(8-11-18)14-26-22(24(28)29)21(16-5-3-2-4-6-16)20-13-17(25)9-12-19(20)23(26)27/h2-13H,14H2,1H3,(H,28,29). The van der Waals surface area contributed by atoms with Crippen LogP contribution in [0.15, 0.2) is 82.5 Å². The molecule has 0 aliphatic heterocycles. The lowest BCUT2D eigenvalue weighted by atomic mass is 9.96. The van der Waals surface area contributed by atoms with Gasteiger partial charge >= 0.3 is 5.97 Å². The average molecular weight is 451 g/mol. The lowest BCUT2D eigenvalue weighted by Crippen LogP contribution is -2.28. The van der Waals surface area contributed by atoms with E-state index in [1.54, 1.807) is 30.3 Å². The Bertz CT molecular complexity index is 1510. The summed E-state index contributed by atoms with van der Waals surface area (Å²) in [6, 6.07) is 18.2. The third-order valence-corrected chi connectivity index (χ3v) is 6.32. The summed E-state index contributed by atoms with van der Waals surface area (Å²) < 4.78 is 38.6. The number of sulfone groups is 1. The number of carbonyl (C=O) groups is 1. The summed E-state index contributed by atoms with van der Waals surface area (Å²) in [5.41, 5.74) is 0.458. The van der Waals surface area contributed by atoms with Crippen LogP contribution < -0.4 is 5.56 Å². The van der Waals surface area contributed by atoms with Gasteiger partial charge in [0.1, 0.15) is 11.5 Å². The Labute approximate surface area is 183 Å². The van der Waals surface area contributed by atoms with Crippen LogP contribution in [0.1, 0.15) is 16.1 Å². The Balaban J connectivity index is 2.02. The first-order chi connectivity index (χ1) is 15.2. The molecule has 32 heavy (non-hydrogen) atoms. The fraction of sp³-hybridized carbons (Fsp3) is 0.0833. The monoisotopic (exact) mass is 451 g/mol. The molecule has 0 radical (unpaired) electrons. The highest BCUT2D eigenvalue weighted by Crippen LogP contribution is 2.31. The van der Waals surface area contributed by atoms with Crippen LogP contribution in [-0.2, 0) is 16.4 Å². The molecule has 0 saturated carbocycles. The van der Waals surface area contributed by atoms with Gasteiger partial charge in [0.05, 0.1) is 11.4 Å². The molecule has 0 bridgehead atoms. The smallest absolute Gasteiger partial charge is 0.353 e. The molecule has 1 heterocycles. The van der Waals surface area contributed by atoms with E-state index in [9.17, 15) is 27.5 Å². The fourth-order valence-electron chi connectivity index (χ4n) is 3.71. The van der Waals surface area contributed by atoms with Crippen molar-refractivity contribution in [1.29, 1.82) is 0 Å². The number of halogens is 1. The van der Waals surface area contributed by atoms with Crippen LogP contribution in [-0.4, -0.2) is 30.3 Å². The van der Waals surface area contributed by atoms with Gasteiger partial charge in [-0.25, -0.2) is 17.6 Å². The molecule has 162 valence electrons. The van der Waals surface area contributed by atoms with Crippen LogP contribution in [0.4, 0.5) is 4.39 Å². The second-order valence-corrected chi connectivity index (χ2v) is 9.41. The summed E-state index contributed by atoms with van der Waals surface area (Å²) in [4.78, 5) is 25.7. The van der Waals surface area contributed by atoms with Gasteiger partial charge in [0, 0.05) is 22.6 Å². The lowest BCUT2D eigenvalue weighted by Gasteiger charge is -2.18. The predicted molar refractivity (Wildman–Crippen MR) is 119 cm³/mol. The van der Waals surface area contributed by atoms with Crippen molar-refractivity contribution in [3.63, 3.8) is 0 Å². The molecule has 0 atom stereocenters. The van der Waals surface area contributed by atoms with E-state index in [4.69, 9.17) is 0 Å². The Kier molecular flexibility index (Phi) is 5.40. The number of carboxylic acids is 1. The Morgan fingerprint density at radius 2 is 1.62 bits per heavy atom. The molecule has 0 spiro atoms. The third kappa shape index (κ3) is 3.92. The lowest BCUT2D eigenvalue weighted by molar-refractivity contribution is 0.0685. The number of hydrogen-bond acceptors (Lipinski definition) is 4. The highest BCUT2D eigenvalue weighted by atomic mass is 32.2. The molecule has 0 unspecified atom stereocenters. The molecule has 0 saturated heterocycles. The zero-order chi connectivity index (χ0) is 23.0. The quantitative estimate of drug-likeness (QED) is 0.496. The number of aromatic carboxylic acids is 1. The number of aromatic nitrogens is 1. The van der Waals surface area contributed by atoms with E-state index in [1.807, 2.05) is 0 Å². The van der Waals surface area contributed by atoms with E-state index in [2.05, 4.69) is 0 Å². The number of fused-ring (bicyclic) bond motifs is 1. The topological polar surface area (TPSA) is 93.4 Å². The number of hydrogen-bond donors (Lipinski definition) is 1. The minimum Gasteiger partial charge on any atom is -0.477 e. The van der Waals surface area contributed by atoms with E-state index in [0.29, 0.717) is 11.1 Å². The van der Waals surface area contributed by atoms with Crippen LogP contribution in [0, 0.1) is 5.82 Å². The number of nitrogens with zero attached hydrogens (tertiary/aromatic N) is 1. The second-order valence-electron chi connectivity index (χ2n) is 7.39. The summed E-state index contributed by atoms with van der Waals surface area (Å²) in [5.74, 6) is -1.92. The van der Waals surface area contributed by atoms with Crippen LogP contribution in [0.2, 0.25) is 0 Å². The summed E-state index contributed by atoms with van der Waals surface area (Å²) in [7, 11) is -3.40. The van der Waals surface area contributed by atoms with E-state index in [0.717, 1.165) is 23.0 Å². The molecule has 6 nitrogen and oxygen atoms in total. The zero-order valence-corrected chi connectivity index (χ0v) is 17.8. The molecule has 1 N–H and O–H groups in total. The SMILES string of the molecule is CS(=O)(=O)c1ccc(Cn2c(C(=O)O)c(-c3ccccc3)c3cc(F)ccc3c2=O)cc1. The van der Waals surface area contributed by atoms with Crippen molar-refractivity contribution >= 4 is 26.6 Å². The van der Waals surface area contributed by atoms with Gasteiger partial charge in [-0.3, -0.25) is 9.36 Å². The second kappa shape index (κ2) is 8.05. The normalized spacial score (nSPS) is 11.6. The Morgan fingerprint density at radius 1 is 0.969 bits per heavy atom. The summed E-state index contributed by atoms with van der Waals surface area (Å²) in [6.45, 7) is -0.0995. The van der Waals surface area contributed by atoms with Gasteiger partial charge < -0.3 is 5.11 Å². The molecule has 3 aromatic carbocycles. The van der Waals surface area contributed by atoms with E-state index < -0.39 is 27.2 Å². The van der Waals surface area contributed by atoms with Gasteiger partial charge in [-0.1, -0.05) is 42.5 Å². The van der Waals surface area contributed by atoms with Crippen LogP contribution in [0.5, 0.6) is 0 Å². The maximum atomic E-state index is 14.1. The van der Waals surface area contributed by atoms with Crippen molar-refractivity contribution in [2.24, 2.45) is 0 Å². The molecule has 0 fully saturated rings. The first-order valence-corrected chi connectivity index (χ1v) is 11.5. The van der Waals surface area contributed by atoms with Gasteiger partial charge in [-0.15, -0.1) is 0 Å². The Morgan fingerprint density at radius 3 is 2.22 bits per heavy atom. The fourth-order valence-corrected chi connectivity index (χ4v) is 4.34. The number of benzene rings is 3. The number of carboxylic acid groups (broad SMARTS) is 1. The van der Waals surface area contributed by atoms with Crippen molar-refractivity contribution in [3.8, 4) is 11.1 Å². The van der Waals surface area contributed by atoms with E-state index >= 15 is 0 Å². The van der Waals surface area contributed by atoms with Crippen molar-refractivity contribution in [2.75, 3.05) is 6.26 Å². The largest absolute Gasteiger partial charge is 0.477 e. The number of rotatable bonds is 5. The highest BCUT2D eigenvalue weighted by molar-refractivity contribution is 7.90. The van der Waals surface area contributed by atoms with Gasteiger partial charge in [-0.2, -0.15) is 0 Å². The van der Waals surface area contributed by atoms with Crippen LogP contribution >= 0.6 is 0 Å². The van der Waals surface area contributed by atoms with E-state index in [1.165, 1.54) is 30.3 Å². The first kappa shape index (κ1) is 21.5. The van der Waals surface area contributed by atoms with Crippen LogP contribution in [0.3, 0.4) is 0 Å². The molecular formula is C24H18FNO5S. The highest BCUT2D eigenvalue weighted by Gasteiger charge is 2.23. The number of pyridine rings is 1. The van der Waals surface area contributed by atoms with Crippen molar-refractivity contribution in [2.45, 2.75) is 11.4 Å². The molecule has 8 heteroatoms. The molecule has 4 rings (SSSR count). The summed E-state index contributed by atoms with van der Waals surface area (Å²) in [5, 5.41) is 10.5. The average Bonchev–Trinajstić information content (AvgIpc) is 2.75. The summed E-state index contributed by atoms with van der Waals surface area (Å²) >= 11 is 0. The van der Waals surface area contributed by atoms with Crippen molar-refractivity contribution in [3.05, 3.63) is 100 Å². The molecule has 0 aliphatic rings. The summed E-state index contributed by atoms with van der Waals surface area (Å²) in [6.07, 6.45) is 1.09. The van der Waals surface area contributed by atoms with E-state index in [-0.39, 0.29) is 33.5 Å². The Hall–Kier alpha value is -3.78.